The van der Waals surface area contributed by atoms with Gasteiger partial charge in [0.15, 0.2) is 11.6 Å². The third-order valence-electron chi connectivity index (χ3n) is 3.50. The SMILES string of the molecule is NCC1CCCCC1Nc1cccc(F)c1F. The van der Waals surface area contributed by atoms with Gasteiger partial charge < -0.3 is 11.1 Å². The van der Waals surface area contributed by atoms with E-state index in [0.717, 1.165) is 25.3 Å². The minimum Gasteiger partial charge on any atom is -0.380 e. The van der Waals surface area contributed by atoms with E-state index in [0.29, 0.717) is 12.5 Å². The van der Waals surface area contributed by atoms with Gasteiger partial charge in [0.2, 0.25) is 0 Å². The van der Waals surface area contributed by atoms with Gasteiger partial charge in [0.1, 0.15) is 0 Å². The van der Waals surface area contributed by atoms with Gasteiger partial charge in [0.25, 0.3) is 0 Å². The predicted molar refractivity (Wildman–Crippen MR) is 64.8 cm³/mol. The summed E-state index contributed by atoms with van der Waals surface area (Å²) in [5.74, 6) is -1.25. The molecule has 1 aromatic rings. The van der Waals surface area contributed by atoms with E-state index in [1.807, 2.05) is 0 Å². The number of anilines is 1. The number of benzene rings is 1. The van der Waals surface area contributed by atoms with E-state index in [1.165, 1.54) is 12.5 Å². The summed E-state index contributed by atoms with van der Waals surface area (Å²) in [6.45, 7) is 0.592. The monoisotopic (exact) mass is 240 g/mol. The third-order valence-corrected chi connectivity index (χ3v) is 3.50. The maximum atomic E-state index is 13.5. The molecule has 2 rings (SSSR count). The molecular formula is C13H18F2N2. The molecule has 1 aliphatic rings. The maximum absolute atomic E-state index is 13.5. The molecule has 1 aromatic carbocycles. The van der Waals surface area contributed by atoms with Crippen molar-refractivity contribution in [2.75, 3.05) is 11.9 Å². The first-order valence-electron chi connectivity index (χ1n) is 6.13. The molecule has 4 heteroatoms. The molecule has 94 valence electrons. The maximum Gasteiger partial charge on any atom is 0.181 e. The Morgan fingerprint density at radius 1 is 1.24 bits per heavy atom. The Balaban J connectivity index is 2.11. The van der Waals surface area contributed by atoms with Gasteiger partial charge in [-0.1, -0.05) is 18.9 Å². The second-order valence-corrected chi connectivity index (χ2v) is 4.63. The zero-order chi connectivity index (χ0) is 12.3. The van der Waals surface area contributed by atoms with Crippen LogP contribution in [0, 0.1) is 17.6 Å². The molecule has 0 saturated heterocycles. The van der Waals surface area contributed by atoms with Crippen molar-refractivity contribution in [2.24, 2.45) is 11.7 Å². The highest BCUT2D eigenvalue weighted by atomic mass is 19.2. The molecule has 0 spiro atoms. The van der Waals surface area contributed by atoms with Crippen LogP contribution in [0.5, 0.6) is 0 Å². The van der Waals surface area contributed by atoms with E-state index < -0.39 is 11.6 Å². The number of hydrogen-bond acceptors (Lipinski definition) is 2. The Kier molecular flexibility index (Phi) is 3.94. The highest BCUT2D eigenvalue weighted by molar-refractivity contribution is 5.46. The predicted octanol–water partition coefficient (Wildman–Crippen LogP) is 2.89. The van der Waals surface area contributed by atoms with Crippen molar-refractivity contribution < 1.29 is 8.78 Å². The summed E-state index contributed by atoms with van der Waals surface area (Å²) in [5.41, 5.74) is 5.95. The zero-order valence-corrected chi connectivity index (χ0v) is 9.76. The van der Waals surface area contributed by atoms with Crippen molar-refractivity contribution in [1.82, 2.24) is 0 Å². The van der Waals surface area contributed by atoms with Gasteiger partial charge in [-0.2, -0.15) is 0 Å². The quantitative estimate of drug-likeness (QED) is 0.852. The number of nitrogens with one attached hydrogen (secondary N) is 1. The fourth-order valence-electron chi connectivity index (χ4n) is 2.49. The molecule has 1 fully saturated rings. The molecule has 0 amide bonds. The van der Waals surface area contributed by atoms with Crippen LogP contribution in [0.1, 0.15) is 25.7 Å². The Morgan fingerprint density at radius 2 is 2.00 bits per heavy atom. The molecule has 0 radical (unpaired) electrons. The third kappa shape index (κ3) is 2.75. The number of nitrogens with two attached hydrogens (primary N) is 1. The van der Waals surface area contributed by atoms with E-state index in [2.05, 4.69) is 5.32 Å². The van der Waals surface area contributed by atoms with Crippen molar-refractivity contribution in [3.63, 3.8) is 0 Å². The van der Waals surface area contributed by atoms with Crippen LogP contribution in [0.3, 0.4) is 0 Å². The largest absolute Gasteiger partial charge is 0.380 e. The highest BCUT2D eigenvalue weighted by Gasteiger charge is 2.24. The van der Waals surface area contributed by atoms with Gasteiger partial charge >= 0.3 is 0 Å². The van der Waals surface area contributed by atoms with Crippen molar-refractivity contribution in [2.45, 2.75) is 31.7 Å². The van der Waals surface area contributed by atoms with E-state index >= 15 is 0 Å². The normalized spacial score (nSPS) is 24.6. The fourth-order valence-corrected chi connectivity index (χ4v) is 2.49. The molecule has 0 bridgehead atoms. The van der Waals surface area contributed by atoms with Gasteiger partial charge in [-0.05, 0) is 37.4 Å². The van der Waals surface area contributed by atoms with Crippen molar-refractivity contribution in [1.29, 1.82) is 0 Å². The Bertz CT molecular complexity index is 382. The van der Waals surface area contributed by atoms with Gasteiger partial charge in [-0.25, -0.2) is 8.78 Å². The second-order valence-electron chi connectivity index (χ2n) is 4.63. The summed E-state index contributed by atoms with van der Waals surface area (Å²) >= 11 is 0. The lowest BCUT2D eigenvalue weighted by molar-refractivity contribution is 0.331. The summed E-state index contributed by atoms with van der Waals surface area (Å²) in [7, 11) is 0. The highest BCUT2D eigenvalue weighted by Crippen LogP contribution is 2.28. The van der Waals surface area contributed by atoms with Crippen LogP contribution < -0.4 is 11.1 Å². The molecule has 2 nitrogen and oxygen atoms in total. The minimum absolute atomic E-state index is 0.157. The van der Waals surface area contributed by atoms with Crippen molar-refractivity contribution in [3.05, 3.63) is 29.8 Å². The first-order valence-corrected chi connectivity index (χ1v) is 6.13. The molecule has 3 N–H and O–H groups in total. The lowest BCUT2D eigenvalue weighted by Gasteiger charge is -2.32. The summed E-state index contributed by atoms with van der Waals surface area (Å²) in [6, 6.07) is 4.37. The number of halogens is 2. The van der Waals surface area contributed by atoms with E-state index in [9.17, 15) is 8.78 Å². The fraction of sp³-hybridized carbons (Fsp3) is 0.538. The summed E-state index contributed by atoms with van der Waals surface area (Å²) in [4.78, 5) is 0. The van der Waals surface area contributed by atoms with Gasteiger partial charge in [-0.3, -0.25) is 0 Å². The standard InChI is InChI=1S/C13H18F2N2/c14-10-5-3-7-12(13(10)15)17-11-6-2-1-4-9(11)8-16/h3,5,7,9,11,17H,1-2,4,6,8,16H2. The minimum atomic E-state index is -0.810. The van der Waals surface area contributed by atoms with Crippen LogP contribution in [-0.4, -0.2) is 12.6 Å². The molecule has 17 heavy (non-hydrogen) atoms. The van der Waals surface area contributed by atoms with Crippen LogP contribution in [0.2, 0.25) is 0 Å². The van der Waals surface area contributed by atoms with Crippen LogP contribution in [0.4, 0.5) is 14.5 Å². The molecule has 0 aromatic heterocycles. The molecule has 0 heterocycles. The lowest BCUT2D eigenvalue weighted by Crippen LogP contribution is -2.37. The molecule has 0 aliphatic heterocycles. The van der Waals surface area contributed by atoms with Crippen LogP contribution >= 0.6 is 0 Å². The number of hydrogen-bond donors (Lipinski definition) is 2. The smallest absolute Gasteiger partial charge is 0.181 e. The van der Waals surface area contributed by atoms with Crippen molar-refractivity contribution >= 4 is 5.69 Å². The van der Waals surface area contributed by atoms with E-state index in [-0.39, 0.29) is 11.7 Å². The first-order chi connectivity index (χ1) is 8.22. The molecular weight excluding hydrogens is 222 g/mol. The first kappa shape index (κ1) is 12.3. The molecule has 2 unspecified atom stereocenters. The molecule has 1 aliphatic carbocycles. The van der Waals surface area contributed by atoms with E-state index in [1.54, 1.807) is 6.07 Å². The van der Waals surface area contributed by atoms with Gasteiger partial charge in [0.05, 0.1) is 5.69 Å². The Morgan fingerprint density at radius 3 is 2.76 bits per heavy atom. The molecule has 2 atom stereocenters. The van der Waals surface area contributed by atoms with E-state index in [4.69, 9.17) is 5.73 Å². The van der Waals surface area contributed by atoms with Gasteiger partial charge in [-0.15, -0.1) is 0 Å². The summed E-state index contributed by atoms with van der Waals surface area (Å²) < 4.78 is 26.6. The number of rotatable bonds is 3. The average molecular weight is 240 g/mol. The molecule has 1 saturated carbocycles. The van der Waals surface area contributed by atoms with Crippen LogP contribution in [0.15, 0.2) is 18.2 Å². The van der Waals surface area contributed by atoms with Crippen LogP contribution in [-0.2, 0) is 0 Å². The lowest BCUT2D eigenvalue weighted by atomic mass is 9.84. The topological polar surface area (TPSA) is 38.0 Å². The van der Waals surface area contributed by atoms with Gasteiger partial charge in [0, 0.05) is 6.04 Å². The second kappa shape index (κ2) is 5.45. The summed E-state index contributed by atoms with van der Waals surface area (Å²) in [5, 5.41) is 3.10. The zero-order valence-electron chi connectivity index (χ0n) is 9.76. The summed E-state index contributed by atoms with van der Waals surface area (Å²) in [6.07, 6.45) is 4.32. The average Bonchev–Trinajstić information content (AvgIpc) is 2.35. The van der Waals surface area contributed by atoms with Crippen LogP contribution in [0.25, 0.3) is 0 Å². The Labute approximate surface area is 100 Å². The Hall–Kier alpha value is -1.16. The van der Waals surface area contributed by atoms with Crippen molar-refractivity contribution in [3.8, 4) is 0 Å².